The van der Waals surface area contributed by atoms with E-state index in [0.717, 1.165) is 0 Å². The zero-order valence-electron chi connectivity index (χ0n) is 7.65. The van der Waals surface area contributed by atoms with Crippen molar-refractivity contribution >= 4 is 5.97 Å². The van der Waals surface area contributed by atoms with Crippen molar-refractivity contribution in [3.8, 4) is 12.3 Å². The summed E-state index contributed by atoms with van der Waals surface area (Å²) in [5.41, 5.74) is 0.942. The van der Waals surface area contributed by atoms with Crippen LogP contribution in [0.25, 0.3) is 0 Å². The molecule has 0 unspecified atom stereocenters. The number of aliphatic hydroxyl groups excluding tert-OH is 1. The first-order valence-corrected chi connectivity index (χ1v) is 3.88. The van der Waals surface area contributed by atoms with E-state index < -0.39 is 5.97 Å². The molecule has 4 nitrogen and oxygen atoms in total. The molecule has 1 N–H and O–H groups in total. The van der Waals surface area contributed by atoms with Crippen molar-refractivity contribution in [2.45, 2.75) is 6.61 Å². The number of hydrogen-bond acceptors (Lipinski definition) is 4. The minimum absolute atomic E-state index is 0.104. The molecule has 0 saturated heterocycles. The lowest BCUT2D eigenvalue weighted by Gasteiger charge is -2.02. The van der Waals surface area contributed by atoms with E-state index >= 15 is 0 Å². The summed E-state index contributed by atoms with van der Waals surface area (Å²) in [7, 11) is 1.26. The molecule has 0 atom stereocenters. The molecule has 0 radical (unpaired) electrons. The van der Waals surface area contributed by atoms with Gasteiger partial charge in [0.1, 0.15) is 5.69 Å². The number of aromatic nitrogens is 1. The predicted octanol–water partition coefficient (Wildman–Crippen LogP) is 0.342. The van der Waals surface area contributed by atoms with Gasteiger partial charge < -0.3 is 9.84 Å². The average molecular weight is 191 g/mol. The Bertz CT molecular complexity index is 393. The summed E-state index contributed by atoms with van der Waals surface area (Å²) in [6.45, 7) is -0.264. The van der Waals surface area contributed by atoms with Gasteiger partial charge in [-0.05, 0) is 12.1 Å². The standard InChI is InChI=1S/C10H9NO3/c1-3-7-4-8(6-12)11-9(5-7)10(13)14-2/h1,4-5,12H,6H2,2H3. The van der Waals surface area contributed by atoms with E-state index in [1.54, 1.807) is 0 Å². The first-order chi connectivity index (χ1) is 6.71. The van der Waals surface area contributed by atoms with Crippen LogP contribution in [0.4, 0.5) is 0 Å². The van der Waals surface area contributed by atoms with E-state index in [4.69, 9.17) is 11.5 Å². The minimum atomic E-state index is -0.572. The molecule has 0 aromatic carbocycles. The molecule has 0 saturated carbocycles. The van der Waals surface area contributed by atoms with Gasteiger partial charge in [0.05, 0.1) is 19.4 Å². The number of ether oxygens (including phenoxy) is 1. The number of pyridine rings is 1. The Labute approximate surface area is 81.5 Å². The van der Waals surface area contributed by atoms with Gasteiger partial charge in [0, 0.05) is 5.56 Å². The Morgan fingerprint density at radius 2 is 2.43 bits per heavy atom. The summed E-state index contributed by atoms with van der Waals surface area (Å²) >= 11 is 0. The highest BCUT2D eigenvalue weighted by molar-refractivity contribution is 5.87. The Balaban J connectivity index is 3.19. The summed E-state index contributed by atoms with van der Waals surface area (Å²) in [6, 6.07) is 2.97. The predicted molar refractivity (Wildman–Crippen MR) is 49.4 cm³/mol. The van der Waals surface area contributed by atoms with Crippen molar-refractivity contribution in [3.63, 3.8) is 0 Å². The molecule has 4 heteroatoms. The van der Waals surface area contributed by atoms with Crippen LogP contribution in [-0.2, 0) is 11.3 Å². The fourth-order valence-electron chi connectivity index (χ4n) is 0.961. The molecule has 72 valence electrons. The highest BCUT2D eigenvalue weighted by Gasteiger charge is 2.09. The number of aliphatic hydroxyl groups is 1. The van der Waals surface area contributed by atoms with Crippen molar-refractivity contribution in [3.05, 3.63) is 29.1 Å². The van der Waals surface area contributed by atoms with E-state index in [1.807, 2.05) is 0 Å². The maximum absolute atomic E-state index is 11.1. The molecule has 0 spiro atoms. The van der Waals surface area contributed by atoms with E-state index in [0.29, 0.717) is 11.3 Å². The number of rotatable bonds is 2. The maximum atomic E-state index is 11.1. The van der Waals surface area contributed by atoms with Crippen molar-refractivity contribution in [2.24, 2.45) is 0 Å². The van der Waals surface area contributed by atoms with Crippen molar-refractivity contribution in [1.29, 1.82) is 0 Å². The zero-order chi connectivity index (χ0) is 10.6. The van der Waals surface area contributed by atoms with Crippen LogP contribution >= 0.6 is 0 Å². The lowest BCUT2D eigenvalue weighted by atomic mass is 10.2. The van der Waals surface area contributed by atoms with Crippen LogP contribution < -0.4 is 0 Å². The quantitative estimate of drug-likeness (QED) is 0.541. The van der Waals surface area contributed by atoms with Gasteiger partial charge in [0.25, 0.3) is 0 Å². The van der Waals surface area contributed by atoms with E-state index in [2.05, 4.69) is 15.6 Å². The normalized spacial score (nSPS) is 9.21. The van der Waals surface area contributed by atoms with E-state index in [9.17, 15) is 4.79 Å². The van der Waals surface area contributed by atoms with Crippen LogP contribution in [0.15, 0.2) is 12.1 Å². The molecule has 0 aliphatic heterocycles. The largest absolute Gasteiger partial charge is 0.464 e. The van der Waals surface area contributed by atoms with Crippen LogP contribution in [0.2, 0.25) is 0 Å². The second kappa shape index (κ2) is 4.40. The highest BCUT2D eigenvalue weighted by Crippen LogP contribution is 2.06. The number of hydrogen-bond donors (Lipinski definition) is 1. The Hall–Kier alpha value is -1.86. The molecule has 14 heavy (non-hydrogen) atoms. The fourth-order valence-corrected chi connectivity index (χ4v) is 0.961. The Morgan fingerprint density at radius 3 is 2.93 bits per heavy atom. The summed E-state index contributed by atoms with van der Waals surface area (Å²) in [5, 5.41) is 8.85. The first kappa shape index (κ1) is 10.2. The number of terminal acetylenes is 1. The van der Waals surface area contributed by atoms with Gasteiger partial charge >= 0.3 is 5.97 Å². The molecule has 0 bridgehead atoms. The third kappa shape index (κ3) is 2.09. The fraction of sp³-hybridized carbons (Fsp3) is 0.200. The second-order valence-electron chi connectivity index (χ2n) is 2.53. The number of carbonyl (C=O) groups is 1. The molecule has 1 aromatic rings. The summed E-state index contributed by atoms with van der Waals surface area (Å²) < 4.78 is 4.48. The van der Waals surface area contributed by atoms with Crippen LogP contribution in [-0.4, -0.2) is 23.2 Å². The van der Waals surface area contributed by atoms with Gasteiger partial charge in [0.2, 0.25) is 0 Å². The Kier molecular flexibility index (Phi) is 3.21. The second-order valence-corrected chi connectivity index (χ2v) is 2.53. The van der Waals surface area contributed by atoms with Crippen LogP contribution in [0.1, 0.15) is 21.7 Å². The SMILES string of the molecule is C#Cc1cc(CO)nc(C(=O)OC)c1. The van der Waals surface area contributed by atoms with Crippen LogP contribution in [0.3, 0.4) is 0 Å². The number of methoxy groups -OCH3 is 1. The number of nitrogens with zero attached hydrogens (tertiary/aromatic N) is 1. The van der Waals surface area contributed by atoms with Crippen molar-refractivity contribution in [1.82, 2.24) is 4.98 Å². The van der Waals surface area contributed by atoms with Gasteiger partial charge in [-0.3, -0.25) is 0 Å². The third-order valence-electron chi connectivity index (χ3n) is 1.60. The average Bonchev–Trinajstić information content (AvgIpc) is 2.27. The lowest BCUT2D eigenvalue weighted by Crippen LogP contribution is -2.06. The molecule has 1 aromatic heterocycles. The van der Waals surface area contributed by atoms with E-state index in [1.165, 1.54) is 19.2 Å². The molecule has 0 aliphatic rings. The molecule has 1 heterocycles. The van der Waals surface area contributed by atoms with E-state index in [-0.39, 0.29) is 12.3 Å². The van der Waals surface area contributed by atoms with Gasteiger partial charge in [-0.25, -0.2) is 9.78 Å². The van der Waals surface area contributed by atoms with Crippen molar-refractivity contribution in [2.75, 3.05) is 7.11 Å². The highest BCUT2D eigenvalue weighted by atomic mass is 16.5. The van der Waals surface area contributed by atoms with Crippen molar-refractivity contribution < 1.29 is 14.6 Å². The zero-order valence-corrected chi connectivity index (χ0v) is 7.65. The topological polar surface area (TPSA) is 59.4 Å². The maximum Gasteiger partial charge on any atom is 0.356 e. The van der Waals surface area contributed by atoms with Crippen LogP contribution in [0.5, 0.6) is 0 Å². The smallest absolute Gasteiger partial charge is 0.356 e. The molecular weight excluding hydrogens is 182 g/mol. The third-order valence-corrected chi connectivity index (χ3v) is 1.60. The van der Waals surface area contributed by atoms with Gasteiger partial charge in [0.15, 0.2) is 0 Å². The first-order valence-electron chi connectivity index (χ1n) is 3.88. The van der Waals surface area contributed by atoms with Gasteiger partial charge in [-0.2, -0.15) is 0 Å². The molecule has 0 aliphatic carbocycles. The Morgan fingerprint density at radius 1 is 1.71 bits per heavy atom. The van der Waals surface area contributed by atoms with Gasteiger partial charge in [-0.15, -0.1) is 6.42 Å². The summed E-state index contributed by atoms with van der Waals surface area (Å²) in [6.07, 6.45) is 5.17. The minimum Gasteiger partial charge on any atom is -0.464 e. The molecule has 0 fully saturated rings. The summed E-state index contributed by atoms with van der Waals surface area (Å²) in [5.74, 6) is 1.79. The lowest BCUT2D eigenvalue weighted by molar-refractivity contribution is 0.0593. The molecular formula is C10H9NO3. The monoisotopic (exact) mass is 191 g/mol. The molecule has 1 rings (SSSR count). The number of carbonyl (C=O) groups excluding carboxylic acids is 1. The molecule has 0 amide bonds. The number of esters is 1. The summed E-state index contributed by atoms with van der Waals surface area (Å²) in [4.78, 5) is 15.0. The van der Waals surface area contributed by atoms with Gasteiger partial charge in [-0.1, -0.05) is 5.92 Å². The van der Waals surface area contributed by atoms with Crippen LogP contribution in [0, 0.1) is 12.3 Å².